The normalized spacial score (nSPS) is 17.8. The number of nitrogens with one attached hydrogen (secondary N) is 2. The zero-order chi connectivity index (χ0) is 26.5. The predicted octanol–water partition coefficient (Wildman–Crippen LogP) is 4.75. The van der Waals surface area contributed by atoms with Crippen molar-refractivity contribution in [1.29, 1.82) is 0 Å². The van der Waals surface area contributed by atoms with Crippen LogP contribution in [0, 0.1) is 0 Å². The molecule has 0 amide bonds. The highest BCUT2D eigenvalue weighted by Gasteiger charge is 2.38. The molecule has 2 heterocycles. The van der Waals surface area contributed by atoms with E-state index in [1.54, 1.807) is 0 Å². The summed E-state index contributed by atoms with van der Waals surface area (Å²) in [5, 5.41) is 33.4. The van der Waals surface area contributed by atoms with Crippen LogP contribution in [0.3, 0.4) is 0 Å². The first-order chi connectivity index (χ1) is 17.0. The summed E-state index contributed by atoms with van der Waals surface area (Å²) in [6.07, 6.45) is -1.42. The minimum atomic E-state index is -5.08. The maximum absolute atomic E-state index is 11.1. The first-order valence-corrected chi connectivity index (χ1v) is 11.2. The molecule has 0 unspecified atom stereocenters. The van der Waals surface area contributed by atoms with Gasteiger partial charge in [-0.25, -0.2) is 14.7 Å². The fourth-order valence-electron chi connectivity index (χ4n) is 3.83. The summed E-state index contributed by atoms with van der Waals surface area (Å²) >= 11 is 0. The fourth-order valence-corrected chi connectivity index (χ4v) is 3.83. The number of alkyl halides is 3. The van der Waals surface area contributed by atoms with Crippen LogP contribution in [0.15, 0.2) is 30.3 Å². The number of hydrogen-bond acceptors (Lipinski definition) is 6. The highest BCUT2D eigenvalue weighted by molar-refractivity contribution is 5.87. The Bertz CT molecular complexity index is 1170. The van der Waals surface area contributed by atoms with Gasteiger partial charge in [0.05, 0.1) is 11.4 Å². The number of carboxylic acids is 2. The summed E-state index contributed by atoms with van der Waals surface area (Å²) in [4.78, 5) is 20.0. The molecule has 4 rings (SSSR count). The fraction of sp³-hybridized carbons (Fsp3) is 0.435. The van der Waals surface area contributed by atoms with Gasteiger partial charge in [0.25, 0.3) is 5.88 Å². The molecule has 1 saturated carbocycles. The number of hydrogen-bond donors (Lipinski definition) is 4. The molecule has 194 valence electrons. The lowest BCUT2D eigenvalue weighted by molar-refractivity contribution is -0.192. The Kier molecular flexibility index (Phi) is 8.33. The monoisotopic (exact) mass is 509 g/mol. The maximum Gasteiger partial charge on any atom is 0.490 e. The van der Waals surface area contributed by atoms with E-state index in [2.05, 4.69) is 69.8 Å². The molecular weight excluding hydrogens is 483 g/mol. The predicted molar refractivity (Wildman–Crippen MR) is 121 cm³/mol. The lowest BCUT2D eigenvalue weighted by Crippen LogP contribution is -2.24. The number of carbonyl (C=O) groups is 2. The van der Waals surface area contributed by atoms with Crippen molar-refractivity contribution in [3.63, 3.8) is 0 Å². The number of ether oxygens (including phenoxy) is 1. The van der Waals surface area contributed by atoms with E-state index < -0.39 is 18.1 Å². The Morgan fingerprint density at radius 1 is 1.06 bits per heavy atom. The highest BCUT2D eigenvalue weighted by Crippen LogP contribution is 2.35. The number of rotatable bonds is 6. The molecule has 2 aromatic heterocycles. The molecule has 10 nitrogen and oxygen atoms in total. The number of halogens is 3. The zero-order valence-electron chi connectivity index (χ0n) is 19.5. The molecule has 36 heavy (non-hydrogen) atoms. The summed E-state index contributed by atoms with van der Waals surface area (Å²) in [7, 11) is 0. The van der Waals surface area contributed by atoms with Crippen molar-refractivity contribution in [3.05, 3.63) is 47.3 Å². The summed E-state index contributed by atoms with van der Waals surface area (Å²) in [5.74, 6) is -2.91. The molecule has 0 atom stereocenters. The van der Waals surface area contributed by atoms with Crippen LogP contribution in [0.5, 0.6) is 5.88 Å². The second-order valence-electron chi connectivity index (χ2n) is 8.67. The standard InChI is InChI=1S/C21H25N5O3.C2HF3O2/c1-12(2)17-11-18(23-22-17)15-5-3-13(4-6-15)14-7-9-16(10-8-14)29-20-19(21(27)28)24-26-25-20;3-2(4,5)1(6)7/h3-6,11-12,14,16H,7-10H2,1-2H3,(H,22,23)(H,27,28)(H,24,25,26);(H,6,7)/t14-,16-;. The van der Waals surface area contributed by atoms with Crippen molar-refractivity contribution in [2.75, 3.05) is 0 Å². The van der Waals surface area contributed by atoms with Gasteiger partial charge in [-0.3, -0.25) is 5.10 Å². The van der Waals surface area contributed by atoms with Gasteiger partial charge in [0.2, 0.25) is 5.69 Å². The third-order valence-corrected chi connectivity index (χ3v) is 5.81. The van der Waals surface area contributed by atoms with Gasteiger partial charge in [0, 0.05) is 0 Å². The molecule has 1 aromatic carbocycles. The lowest BCUT2D eigenvalue weighted by Gasteiger charge is -2.28. The average Bonchev–Trinajstić information content (AvgIpc) is 3.50. The van der Waals surface area contributed by atoms with E-state index in [-0.39, 0.29) is 17.7 Å². The van der Waals surface area contributed by atoms with Gasteiger partial charge in [0.15, 0.2) is 0 Å². The van der Waals surface area contributed by atoms with Crippen molar-refractivity contribution in [2.45, 2.75) is 63.6 Å². The topological polar surface area (TPSA) is 154 Å². The van der Waals surface area contributed by atoms with Gasteiger partial charge in [-0.1, -0.05) is 48.4 Å². The van der Waals surface area contributed by atoms with Crippen LogP contribution in [0.2, 0.25) is 0 Å². The van der Waals surface area contributed by atoms with E-state index in [4.69, 9.17) is 19.7 Å². The smallest absolute Gasteiger partial charge is 0.476 e. The van der Waals surface area contributed by atoms with Gasteiger partial charge in [-0.2, -0.15) is 18.3 Å². The minimum Gasteiger partial charge on any atom is -0.476 e. The third-order valence-electron chi connectivity index (χ3n) is 5.81. The van der Waals surface area contributed by atoms with Gasteiger partial charge in [-0.15, -0.1) is 0 Å². The Labute approximate surface area is 203 Å². The number of aromatic nitrogens is 5. The molecule has 1 aliphatic carbocycles. The molecule has 1 fully saturated rings. The van der Waals surface area contributed by atoms with Crippen molar-refractivity contribution in [1.82, 2.24) is 25.6 Å². The minimum absolute atomic E-state index is 0.0341. The van der Waals surface area contributed by atoms with Gasteiger partial charge in [-0.05, 0) is 54.7 Å². The van der Waals surface area contributed by atoms with Crippen LogP contribution >= 0.6 is 0 Å². The summed E-state index contributed by atoms with van der Waals surface area (Å²) < 4.78 is 37.5. The zero-order valence-corrected chi connectivity index (χ0v) is 19.5. The van der Waals surface area contributed by atoms with Crippen LogP contribution in [0.1, 0.15) is 73.1 Å². The average molecular weight is 509 g/mol. The van der Waals surface area contributed by atoms with E-state index >= 15 is 0 Å². The van der Waals surface area contributed by atoms with E-state index in [1.165, 1.54) is 5.56 Å². The van der Waals surface area contributed by atoms with E-state index in [0.717, 1.165) is 42.6 Å². The number of nitrogens with zero attached hydrogens (tertiary/aromatic N) is 3. The van der Waals surface area contributed by atoms with Crippen LogP contribution in [0.4, 0.5) is 13.2 Å². The Hall–Kier alpha value is -3.90. The summed E-state index contributed by atoms with van der Waals surface area (Å²) in [6.45, 7) is 4.27. The number of benzene rings is 1. The Morgan fingerprint density at radius 2 is 1.67 bits per heavy atom. The SMILES string of the molecule is CC(C)c1cc(-c2ccc([C@H]3CC[C@H](Oc4nn[nH]c4C(=O)O)CC3)cc2)[nH]n1.O=C(O)C(F)(F)F. The summed E-state index contributed by atoms with van der Waals surface area (Å²) in [6, 6.07) is 10.8. The van der Waals surface area contributed by atoms with Crippen molar-refractivity contribution >= 4 is 11.9 Å². The lowest BCUT2D eigenvalue weighted by atomic mass is 9.82. The third kappa shape index (κ3) is 6.83. The highest BCUT2D eigenvalue weighted by atomic mass is 19.4. The molecule has 13 heteroatoms. The number of aromatic carboxylic acids is 1. The molecule has 0 bridgehead atoms. The van der Waals surface area contributed by atoms with Crippen molar-refractivity contribution in [2.24, 2.45) is 0 Å². The maximum atomic E-state index is 11.1. The number of aromatic amines is 2. The Balaban J connectivity index is 0.000000454. The summed E-state index contributed by atoms with van der Waals surface area (Å²) in [5.41, 5.74) is 4.47. The van der Waals surface area contributed by atoms with Gasteiger partial charge >= 0.3 is 18.1 Å². The van der Waals surface area contributed by atoms with Crippen LogP contribution in [0.25, 0.3) is 11.3 Å². The van der Waals surface area contributed by atoms with E-state index in [9.17, 15) is 18.0 Å². The van der Waals surface area contributed by atoms with E-state index in [1.807, 2.05) is 0 Å². The van der Waals surface area contributed by atoms with Crippen molar-refractivity contribution in [3.8, 4) is 17.1 Å². The molecule has 4 N–H and O–H groups in total. The van der Waals surface area contributed by atoms with Crippen LogP contribution in [-0.4, -0.2) is 60.0 Å². The Morgan fingerprint density at radius 3 is 2.17 bits per heavy atom. The largest absolute Gasteiger partial charge is 0.490 e. The van der Waals surface area contributed by atoms with E-state index in [0.29, 0.717) is 11.8 Å². The molecule has 0 spiro atoms. The number of carboxylic acid groups (broad SMARTS) is 2. The molecule has 0 saturated heterocycles. The van der Waals surface area contributed by atoms with Gasteiger partial charge in [0.1, 0.15) is 6.10 Å². The molecule has 3 aromatic rings. The first-order valence-electron chi connectivity index (χ1n) is 11.2. The number of aliphatic carboxylic acids is 1. The second-order valence-corrected chi connectivity index (χ2v) is 8.67. The van der Waals surface area contributed by atoms with Crippen LogP contribution < -0.4 is 4.74 Å². The second kappa shape index (κ2) is 11.2. The van der Waals surface area contributed by atoms with Crippen LogP contribution in [-0.2, 0) is 4.79 Å². The number of H-pyrrole nitrogens is 2. The molecule has 0 aliphatic heterocycles. The quantitative estimate of drug-likeness (QED) is 0.371. The van der Waals surface area contributed by atoms with Gasteiger partial charge < -0.3 is 14.9 Å². The molecular formula is C23H26F3N5O5. The molecule has 1 aliphatic rings. The van der Waals surface area contributed by atoms with Crippen molar-refractivity contribution < 1.29 is 37.7 Å². The molecule has 0 radical (unpaired) electrons. The first kappa shape index (κ1) is 26.7.